The molecule has 5 nitrogen and oxygen atoms in total. The Labute approximate surface area is 126 Å². The summed E-state index contributed by atoms with van der Waals surface area (Å²) in [5.74, 6) is -1.38. The summed E-state index contributed by atoms with van der Waals surface area (Å²) in [5, 5.41) is 9.56. The molecule has 1 heterocycles. The molecule has 1 aliphatic heterocycles. The van der Waals surface area contributed by atoms with E-state index in [2.05, 4.69) is 0 Å². The average Bonchev–Trinajstić information content (AvgIpc) is 2.43. The number of aliphatic carboxylic acids is 1. The monoisotopic (exact) mass is 316 g/mol. The van der Waals surface area contributed by atoms with E-state index in [-0.39, 0.29) is 27.2 Å². The van der Waals surface area contributed by atoms with E-state index in [1.807, 2.05) is 0 Å². The molecule has 108 valence electrons. The van der Waals surface area contributed by atoms with Crippen molar-refractivity contribution in [2.45, 2.75) is 25.3 Å². The number of hydrogen-bond acceptors (Lipinski definition) is 3. The van der Waals surface area contributed by atoms with Crippen LogP contribution < -0.4 is 5.73 Å². The van der Waals surface area contributed by atoms with E-state index in [1.54, 1.807) is 0 Å². The van der Waals surface area contributed by atoms with Gasteiger partial charge in [0.05, 0.1) is 15.7 Å². The number of anilines is 1. The molecule has 1 atom stereocenters. The first-order chi connectivity index (χ1) is 9.41. The minimum atomic E-state index is -0.995. The molecular weight excluding hydrogens is 303 g/mol. The molecule has 1 aliphatic rings. The molecule has 1 fully saturated rings. The van der Waals surface area contributed by atoms with Crippen LogP contribution in [-0.2, 0) is 4.79 Å². The Kier molecular flexibility index (Phi) is 4.40. The highest BCUT2D eigenvalue weighted by Gasteiger charge is 2.32. The smallest absolute Gasteiger partial charge is 0.326 e. The Morgan fingerprint density at radius 2 is 1.85 bits per heavy atom. The third-order valence-corrected chi connectivity index (χ3v) is 4.00. The summed E-state index contributed by atoms with van der Waals surface area (Å²) < 4.78 is 0. The lowest BCUT2D eigenvalue weighted by atomic mass is 10.0. The zero-order valence-electron chi connectivity index (χ0n) is 10.6. The fourth-order valence-corrected chi connectivity index (χ4v) is 2.79. The second-order valence-corrected chi connectivity index (χ2v) is 5.52. The van der Waals surface area contributed by atoms with Crippen molar-refractivity contribution in [3.05, 3.63) is 27.7 Å². The van der Waals surface area contributed by atoms with Gasteiger partial charge in [0.25, 0.3) is 5.91 Å². The number of carbonyl (C=O) groups is 2. The van der Waals surface area contributed by atoms with Gasteiger partial charge in [0.15, 0.2) is 0 Å². The predicted molar refractivity (Wildman–Crippen MR) is 77.2 cm³/mol. The molecule has 0 saturated carbocycles. The molecular formula is C13H14Cl2N2O3. The average molecular weight is 317 g/mol. The van der Waals surface area contributed by atoms with E-state index in [0.29, 0.717) is 13.0 Å². The van der Waals surface area contributed by atoms with Crippen LogP contribution in [0.1, 0.15) is 29.6 Å². The van der Waals surface area contributed by atoms with Crippen molar-refractivity contribution in [3.8, 4) is 0 Å². The molecule has 1 aromatic carbocycles. The van der Waals surface area contributed by atoms with Gasteiger partial charge in [0, 0.05) is 12.1 Å². The minimum Gasteiger partial charge on any atom is -0.480 e. The van der Waals surface area contributed by atoms with Gasteiger partial charge in [-0.2, -0.15) is 0 Å². The number of halogens is 2. The molecule has 7 heteroatoms. The Hall–Kier alpha value is -1.46. The van der Waals surface area contributed by atoms with Crippen LogP contribution >= 0.6 is 23.2 Å². The zero-order chi connectivity index (χ0) is 14.9. The first-order valence-corrected chi connectivity index (χ1v) is 6.95. The number of nitrogens with zero attached hydrogens (tertiary/aromatic N) is 1. The molecule has 0 bridgehead atoms. The number of carboxylic acids is 1. The van der Waals surface area contributed by atoms with Crippen LogP contribution in [-0.4, -0.2) is 34.5 Å². The Morgan fingerprint density at radius 1 is 1.25 bits per heavy atom. The SMILES string of the molecule is Nc1c(Cl)cc(C(=O)N2CCCCC2C(=O)O)cc1Cl. The van der Waals surface area contributed by atoms with E-state index >= 15 is 0 Å². The first kappa shape index (κ1) is 14.9. The summed E-state index contributed by atoms with van der Waals surface area (Å²) in [7, 11) is 0. The van der Waals surface area contributed by atoms with E-state index in [9.17, 15) is 14.7 Å². The van der Waals surface area contributed by atoms with E-state index in [0.717, 1.165) is 12.8 Å². The first-order valence-electron chi connectivity index (χ1n) is 6.20. The standard InChI is InChI=1S/C13H14Cl2N2O3/c14-8-5-7(6-9(15)11(8)16)12(18)17-4-2-1-3-10(17)13(19)20/h5-6,10H,1-4,16H2,(H,19,20). The Balaban J connectivity index is 2.32. The lowest BCUT2D eigenvalue weighted by Gasteiger charge is -2.33. The van der Waals surface area contributed by atoms with Crippen molar-refractivity contribution in [1.82, 2.24) is 4.90 Å². The maximum atomic E-state index is 12.4. The number of likely N-dealkylation sites (tertiary alicyclic amines) is 1. The van der Waals surface area contributed by atoms with Crippen LogP contribution in [0.15, 0.2) is 12.1 Å². The number of rotatable bonds is 2. The molecule has 1 amide bonds. The van der Waals surface area contributed by atoms with Crippen molar-refractivity contribution in [2.75, 3.05) is 12.3 Å². The summed E-state index contributed by atoms with van der Waals surface area (Å²) in [4.78, 5) is 25.0. The lowest BCUT2D eigenvalue weighted by molar-refractivity contribution is -0.143. The Morgan fingerprint density at radius 3 is 2.40 bits per heavy atom. The quantitative estimate of drug-likeness (QED) is 0.821. The molecule has 0 radical (unpaired) electrons. The van der Waals surface area contributed by atoms with Crippen LogP contribution in [0.2, 0.25) is 10.0 Å². The maximum Gasteiger partial charge on any atom is 0.326 e. The highest BCUT2D eigenvalue weighted by Crippen LogP contribution is 2.30. The van der Waals surface area contributed by atoms with Crippen LogP contribution in [0.3, 0.4) is 0 Å². The second-order valence-electron chi connectivity index (χ2n) is 4.70. The summed E-state index contributed by atoms with van der Waals surface area (Å²) in [6.07, 6.45) is 2.04. The summed E-state index contributed by atoms with van der Waals surface area (Å²) in [6.45, 7) is 0.412. The number of amides is 1. The van der Waals surface area contributed by atoms with Crippen molar-refractivity contribution in [1.29, 1.82) is 0 Å². The third-order valence-electron chi connectivity index (χ3n) is 3.37. The van der Waals surface area contributed by atoms with Gasteiger partial charge in [-0.05, 0) is 31.4 Å². The maximum absolute atomic E-state index is 12.4. The van der Waals surface area contributed by atoms with Crippen LogP contribution in [0.4, 0.5) is 5.69 Å². The Bertz CT molecular complexity index is 540. The fourth-order valence-electron chi connectivity index (χ4n) is 2.30. The van der Waals surface area contributed by atoms with E-state index < -0.39 is 12.0 Å². The second kappa shape index (κ2) is 5.89. The van der Waals surface area contributed by atoms with Crippen LogP contribution in [0, 0.1) is 0 Å². The van der Waals surface area contributed by atoms with Gasteiger partial charge in [-0.25, -0.2) is 4.79 Å². The van der Waals surface area contributed by atoms with Crippen molar-refractivity contribution in [3.63, 3.8) is 0 Å². The highest BCUT2D eigenvalue weighted by molar-refractivity contribution is 6.39. The normalized spacial score (nSPS) is 18.9. The molecule has 1 saturated heterocycles. The number of nitrogens with two attached hydrogens (primary N) is 1. The molecule has 3 N–H and O–H groups in total. The predicted octanol–water partition coefficient (Wildman–Crippen LogP) is 2.65. The van der Waals surface area contributed by atoms with Crippen molar-refractivity contribution in [2.24, 2.45) is 0 Å². The zero-order valence-corrected chi connectivity index (χ0v) is 12.1. The largest absolute Gasteiger partial charge is 0.480 e. The summed E-state index contributed by atoms with van der Waals surface area (Å²) >= 11 is 11.8. The van der Waals surface area contributed by atoms with Crippen LogP contribution in [0.5, 0.6) is 0 Å². The minimum absolute atomic E-state index is 0.185. The number of nitrogen functional groups attached to an aromatic ring is 1. The van der Waals surface area contributed by atoms with Crippen LogP contribution in [0.25, 0.3) is 0 Å². The van der Waals surface area contributed by atoms with Gasteiger partial charge in [0.2, 0.25) is 0 Å². The van der Waals surface area contributed by atoms with E-state index in [4.69, 9.17) is 28.9 Å². The van der Waals surface area contributed by atoms with Gasteiger partial charge >= 0.3 is 5.97 Å². The van der Waals surface area contributed by atoms with Gasteiger partial charge in [0.1, 0.15) is 6.04 Å². The van der Waals surface area contributed by atoms with Gasteiger partial charge < -0.3 is 15.7 Å². The fraction of sp³-hybridized carbons (Fsp3) is 0.385. The summed E-state index contributed by atoms with van der Waals surface area (Å²) in [6, 6.07) is 2.03. The number of carbonyl (C=O) groups excluding carboxylic acids is 1. The van der Waals surface area contributed by atoms with Gasteiger partial charge in [-0.15, -0.1) is 0 Å². The van der Waals surface area contributed by atoms with Gasteiger partial charge in [-0.3, -0.25) is 4.79 Å². The third kappa shape index (κ3) is 2.83. The molecule has 2 rings (SSSR count). The number of benzene rings is 1. The van der Waals surface area contributed by atoms with E-state index in [1.165, 1.54) is 17.0 Å². The van der Waals surface area contributed by atoms with Crippen molar-refractivity contribution < 1.29 is 14.7 Å². The lowest BCUT2D eigenvalue weighted by Crippen LogP contribution is -2.48. The number of piperidine rings is 1. The molecule has 20 heavy (non-hydrogen) atoms. The highest BCUT2D eigenvalue weighted by atomic mass is 35.5. The molecule has 1 aromatic rings. The topological polar surface area (TPSA) is 83.6 Å². The molecule has 0 spiro atoms. The molecule has 1 unspecified atom stereocenters. The molecule has 0 aromatic heterocycles. The molecule has 0 aliphatic carbocycles. The number of hydrogen-bond donors (Lipinski definition) is 2. The van der Waals surface area contributed by atoms with Crippen molar-refractivity contribution >= 4 is 40.8 Å². The number of carboxylic acid groups (broad SMARTS) is 1. The van der Waals surface area contributed by atoms with Gasteiger partial charge in [-0.1, -0.05) is 23.2 Å². The summed E-state index contributed by atoms with van der Waals surface area (Å²) in [5.41, 5.74) is 6.08.